The van der Waals surface area contributed by atoms with Crippen LogP contribution in [0, 0.1) is 19.3 Å². The summed E-state index contributed by atoms with van der Waals surface area (Å²) < 4.78 is 7.58. The summed E-state index contributed by atoms with van der Waals surface area (Å²) in [6.07, 6.45) is 5.57. The lowest BCUT2D eigenvalue weighted by molar-refractivity contribution is -0.169. The molecule has 2 unspecified atom stereocenters. The molecule has 1 aromatic rings. The molecule has 2 aliphatic rings. The normalized spacial score (nSPS) is 24.4. The molecule has 0 aliphatic heterocycles. The van der Waals surface area contributed by atoms with Gasteiger partial charge in [-0.2, -0.15) is 5.10 Å². The molecule has 138 valence electrons. The first-order valence-corrected chi connectivity index (χ1v) is 9.26. The molecule has 0 radical (unpaired) electrons. The summed E-state index contributed by atoms with van der Waals surface area (Å²) in [5, 5.41) is 4.26. The summed E-state index contributed by atoms with van der Waals surface area (Å²) in [6.45, 7) is 6.32. The molecule has 6 heteroatoms. The van der Waals surface area contributed by atoms with E-state index in [0.29, 0.717) is 17.9 Å². The number of rotatable bonds is 5. The van der Waals surface area contributed by atoms with Crippen LogP contribution in [-0.2, 0) is 16.6 Å². The summed E-state index contributed by atoms with van der Waals surface area (Å²) in [7, 11) is 3.56. The van der Waals surface area contributed by atoms with Gasteiger partial charge in [0.1, 0.15) is 0 Å². The summed E-state index contributed by atoms with van der Waals surface area (Å²) in [6, 6.07) is 0.0975. The Morgan fingerprint density at radius 2 is 1.96 bits per heavy atom. The minimum Gasteiger partial charge on any atom is -0.378 e. The topological polar surface area (TPSA) is 64.4 Å². The van der Waals surface area contributed by atoms with Crippen LogP contribution in [0.5, 0.6) is 0 Å². The summed E-state index contributed by atoms with van der Waals surface area (Å²) in [5.41, 5.74) is 1.84. The zero-order chi connectivity index (χ0) is 18.4. The van der Waals surface area contributed by atoms with Gasteiger partial charge in [-0.05, 0) is 40.0 Å². The molecule has 0 saturated heterocycles. The van der Waals surface area contributed by atoms with E-state index in [-0.39, 0.29) is 17.6 Å². The molecule has 0 N–H and O–H groups in total. The van der Waals surface area contributed by atoms with Crippen molar-refractivity contribution in [2.45, 2.75) is 65.0 Å². The number of Topliss-reactive ketones (excluding diaryl/α,β-unsaturated/α-hetero) is 1. The molecule has 25 heavy (non-hydrogen) atoms. The molecule has 2 atom stereocenters. The van der Waals surface area contributed by atoms with Gasteiger partial charge in [0.15, 0.2) is 0 Å². The Morgan fingerprint density at radius 3 is 2.48 bits per heavy atom. The first-order chi connectivity index (χ1) is 11.8. The highest BCUT2D eigenvalue weighted by Gasteiger charge is 2.59. The first kappa shape index (κ1) is 18.1. The van der Waals surface area contributed by atoms with Crippen LogP contribution in [0.1, 0.15) is 60.8 Å². The van der Waals surface area contributed by atoms with Crippen LogP contribution < -0.4 is 0 Å². The number of amides is 1. The molecular formula is C19H29N3O3. The fraction of sp³-hybridized carbons (Fsp3) is 0.737. The van der Waals surface area contributed by atoms with Crippen LogP contribution in [-0.4, -0.2) is 52.2 Å². The maximum Gasteiger partial charge on any atom is 0.295 e. The van der Waals surface area contributed by atoms with Crippen molar-refractivity contribution >= 4 is 11.7 Å². The number of nitrogens with zero attached hydrogens (tertiary/aromatic N) is 3. The fourth-order valence-electron chi connectivity index (χ4n) is 4.90. The van der Waals surface area contributed by atoms with E-state index < -0.39 is 11.7 Å². The molecule has 1 spiro atoms. The molecule has 2 saturated carbocycles. The lowest BCUT2D eigenvalue weighted by atomic mass is 9.60. The van der Waals surface area contributed by atoms with E-state index in [4.69, 9.17) is 4.74 Å². The van der Waals surface area contributed by atoms with Gasteiger partial charge < -0.3 is 9.64 Å². The SMILES string of the molecule is CCOC1CC(N(C)C(=O)C(=O)c2c(C)nn(C)c2C)C12CCCC2. The van der Waals surface area contributed by atoms with E-state index >= 15 is 0 Å². The Morgan fingerprint density at radius 1 is 1.32 bits per heavy atom. The molecule has 1 aromatic heterocycles. The molecule has 2 fully saturated rings. The van der Waals surface area contributed by atoms with Gasteiger partial charge in [-0.15, -0.1) is 0 Å². The molecule has 0 bridgehead atoms. The Hall–Kier alpha value is -1.69. The summed E-state index contributed by atoms with van der Waals surface area (Å²) >= 11 is 0. The van der Waals surface area contributed by atoms with Crippen molar-refractivity contribution in [1.29, 1.82) is 0 Å². The largest absolute Gasteiger partial charge is 0.378 e. The lowest BCUT2D eigenvalue weighted by Crippen LogP contribution is -2.64. The minimum atomic E-state index is -0.446. The second-order valence-electron chi connectivity index (χ2n) is 7.55. The van der Waals surface area contributed by atoms with Gasteiger partial charge in [0.05, 0.1) is 17.4 Å². The summed E-state index contributed by atoms with van der Waals surface area (Å²) in [5.74, 6) is -0.871. The lowest BCUT2D eigenvalue weighted by Gasteiger charge is -2.56. The minimum absolute atomic E-state index is 0.0414. The maximum atomic E-state index is 12.9. The monoisotopic (exact) mass is 347 g/mol. The van der Waals surface area contributed by atoms with Crippen LogP contribution >= 0.6 is 0 Å². The number of carbonyl (C=O) groups is 2. The van der Waals surface area contributed by atoms with Crippen molar-refractivity contribution < 1.29 is 14.3 Å². The van der Waals surface area contributed by atoms with E-state index in [9.17, 15) is 9.59 Å². The Bertz CT molecular complexity index is 688. The van der Waals surface area contributed by atoms with Crippen molar-refractivity contribution in [1.82, 2.24) is 14.7 Å². The third kappa shape index (κ3) is 2.71. The fourth-order valence-corrected chi connectivity index (χ4v) is 4.90. The predicted molar refractivity (Wildman–Crippen MR) is 94.5 cm³/mol. The van der Waals surface area contributed by atoms with Crippen LogP contribution in [0.15, 0.2) is 0 Å². The van der Waals surface area contributed by atoms with Gasteiger partial charge in [0.25, 0.3) is 11.7 Å². The van der Waals surface area contributed by atoms with Crippen LogP contribution in [0.25, 0.3) is 0 Å². The zero-order valence-electron chi connectivity index (χ0n) is 16.0. The molecule has 6 nitrogen and oxygen atoms in total. The highest BCUT2D eigenvalue weighted by atomic mass is 16.5. The smallest absolute Gasteiger partial charge is 0.295 e. The zero-order valence-corrected chi connectivity index (χ0v) is 16.0. The number of ketones is 1. The van der Waals surface area contributed by atoms with Crippen LogP contribution in [0.2, 0.25) is 0 Å². The van der Waals surface area contributed by atoms with Gasteiger partial charge in [0.2, 0.25) is 0 Å². The van der Waals surface area contributed by atoms with Crippen molar-refractivity contribution in [3.05, 3.63) is 17.0 Å². The average Bonchev–Trinajstić information content (AvgIpc) is 3.17. The second kappa shape index (κ2) is 6.56. The van der Waals surface area contributed by atoms with E-state index in [2.05, 4.69) is 5.10 Å². The molecule has 2 aliphatic carbocycles. The Balaban J connectivity index is 1.80. The van der Waals surface area contributed by atoms with Crippen molar-refractivity contribution in [2.75, 3.05) is 13.7 Å². The van der Waals surface area contributed by atoms with Crippen LogP contribution in [0.3, 0.4) is 0 Å². The first-order valence-electron chi connectivity index (χ1n) is 9.26. The average molecular weight is 347 g/mol. The van der Waals surface area contributed by atoms with E-state index in [0.717, 1.165) is 25.0 Å². The van der Waals surface area contributed by atoms with E-state index in [1.54, 1.807) is 30.6 Å². The predicted octanol–water partition coefficient (Wildman–Crippen LogP) is 2.42. The molecule has 0 aromatic carbocycles. The van der Waals surface area contributed by atoms with Gasteiger partial charge in [-0.1, -0.05) is 12.8 Å². The number of carbonyl (C=O) groups excluding carboxylic acids is 2. The van der Waals surface area contributed by atoms with Crippen molar-refractivity contribution in [3.8, 4) is 0 Å². The highest BCUT2D eigenvalue weighted by molar-refractivity contribution is 6.43. The highest BCUT2D eigenvalue weighted by Crippen LogP contribution is 2.56. The molecule has 1 heterocycles. The van der Waals surface area contributed by atoms with E-state index in [1.165, 1.54) is 12.8 Å². The quantitative estimate of drug-likeness (QED) is 0.606. The van der Waals surface area contributed by atoms with Crippen LogP contribution in [0.4, 0.5) is 0 Å². The van der Waals surface area contributed by atoms with Gasteiger partial charge in [-0.3, -0.25) is 14.3 Å². The number of aryl methyl sites for hydroxylation is 2. The number of aromatic nitrogens is 2. The van der Waals surface area contributed by atoms with Crippen molar-refractivity contribution in [2.24, 2.45) is 12.5 Å². The van der Waals surface area contributed by atoms with Gasteiger partial charge >= 0.3 is 0 Å². The maximum absolute atomic E-state index is 12.9. The number of likely N-dealkylation sites (N-methyl/N-ethyl adjacent to an activating group) is 1. The second-order valence-corrected chi connectivity index (χ2v) is 7.55. The number of hydrogen-bond donors (Lipinski definition) is 0. The number of hydrogen-bond acceptors (Lipinski definition) is 4. The van der Waals surface area contributed by atoms with Gasteiger partial charge in [0, 0.05) is 37.9 Å². The van der Waals surface area contributed by atoms with Crippen molar-refractivity contribution in [3.63, 3.8) is 0 Å². The molecule has 3 rings (SSSR count). The van der Waals surface area contributed by atoms with E-state index in [1.807, 2.05) is 13.8 Å². The number of ether oxygens (including phenoxy) is 1. The Kier molecular flexibility index (Phi) is 4.75. The third-order valence-electron chi connectivity index (χ3n) is 6.36. The third-order valence-corrected chi connectivity index (χ3v) is 6.36. The molecule has 1 amide bonds. The van der Waals surface area contributed by atoms with Gasteiger partial charge in [-0.25, -0.2) is 0 Å². The standard InChI is InChI=1S/C19H29N3O3/c1-6-25-15-11-14(19(15)9-7-8-10-19)21(4)18(24)17(23)16-12(2)20-22(5)13(16)3/h14-15H,6-11H2,1-5H3. The Labute approximate surface area is 149 Å². The summed E-state index contributed by atoms with van der Waals surface area (Å²) in [4.78, 5) is 27.4. The molecular weight excluding hydrogens is 318 g/mol.